The van der Waals surface area contributed by atoms with Crippen LogP contribution in [0, 0.1) is 0 Å². The van der Waals surface area contributed by atoms with Gasteiger partial charge in [-0.2, -0.15) is 0 Å². The molecule has 1 atom stereocenters. The van der Waals surface area contributed by atoms with E-state index in [1.807, 2.05) is 0 Å². The lowest BCUT2D eigenvalue weighted by Crippen LogP contribution is -2.30. The van der Waals surface area contributed by atoms with Crippen LogP contribution in [0.3, 0.4) is 0 Å². The van der Waals surface area contributed by atoms with Gasteiger partial charge >= 0.3 is 17.9 Å². The molecule has 0 aliphatic heterocycles. The molecule has 0 aromatic heterocycles. The van der Waals surface area contributed by atoms with E-state index < -0.39 is 6.10 Å². The first-order valence-corrected chi connectivity index (χ1v) is 33.0. The molecule has 0 N–H and O–H groups in total. The number of ether oxygens (including phenoxy) is 3. The average molecular weight is 1120 g/mol. The van der Waals surface area contributed by atoms with E-state index in [9.17, 15) is 14.4 Å². The van der Waals surface area contributed by atoms with E-state index in [2.05, 4.69) is 179 Å². The Hall–Kier alpha value is -4.97. The molecule has 1 unspecified atom stereocenters. The van der Waals surface area contributed by atoms with Gasteiger partial charge in [-0.05, 0) is 148 Å². The van der Waals surface area contributed by atoms with Crippen molar-refractivity contribution >= 4 is 17.9 Å². The van der Waals surface area contributed by atoms with Gasteiger partial charge in [-0.1, -0.05) is 269 Å². The Labute approximate surface area is 499 Å². The number of unbranched alkanes of at least 4 members (excludes halogenated alkanes) is 21. The lowest BCUT2D eigenvalue weighted by molar-refractivity contribution is -0.167. The number of allylic oxidation sites excluding steroid dienone is 26. The zero-order valence-corrected chi connectivity index (χ0v) is 52.2. The van der Waals surface area contributed by atoms with E-state index in [0.29, 0.717) is 19.3 Å². The Bertz CT molecular complexity index is 1810. The molecule has 81 heavy (non-hydrogen) atoms. The van der Waals surface area contributed by atoms with Gasteiger partial charge in [0.25, 0.3) is 0 Å². The zero-order valence-electron chi connectivity index (χ0n) is 52.2. The smallest absolute Gasteiger partial charge is 0.306 e. The van der Waals surface area contributed by atoms with E-state index >= 15 is 0 Å². The van der Waals surface area contributed by atoms with Gasteiger partial charge in [0.2, 0.25) is 0 Å². The molecule has 0 saturated heterocycles. The Kier molecular flexibility index (Phi) is 63.4. The summed E-state index contributed by atoms with van der Waals surface area (Å²) in [6.45, 7) is 6.40. The molecule has 0 fully saturated rings. The van der Waals surface area contributed by atoms with Crippen LogP contribution in [-0.4, -0.2) is 37.2 Å². The molecule has 6 nitrogen and oxygen atoms in total. The second-order valence-electron chi connectivity index (χ2n) is 21.3. The monoisotopic (exact) mass is 1120 g/mol. The van der Waals surface area contributed by atoms with Crippen molar-refractivity contribution in [1.82, 2.24) is 0 Å². The second kappa shape index (κ2) is 67.5. The molecule has 0 aromatic rings. The molecular formula is C75H120O6. The van der Waals surface area contributed by atoms with Crippen LogP contribution in [0.1, 0.15) is 278 Å². The van der Waals surface area contributed by atoms with Crippen molar-refractivity contribution in [3.05, 3.63) is 158 Å². The molecule has 0 amide bonds. The van der Waals surface area contributed by atoms with E-state index in [1.54, 1.807) is 0 Å². The van der Waals surface area contributed by atoms with Gasteiger partial charge in [-0.3, -0.25) is 14.4 Å². The molecule has 0 aliphatic rings. The second-order valence-corrected chi connectivity index (χ2v) is 21.3. The van der Waals surface area contributed by atoms with E-state index in [-0.39, 0.29) is 31.1 Å². The number of carbonyl (C=O) groups excluding carboxylic acids is 3. The fourth-order valence-corrected chi connectivity index (χ4v) is 8.56. The van der Waals surface area contributed by atoms with Gasteiger partial charge in [0.1, 0.15) is 13.2 Å². The van der Waals surface area contributed by atoms with Gasteiger partial charge in [0.05, 0.1) is 0 Å². The Balaban J connectivity index is 4.44. The summed E-state index contributed by atoms with van der Waals surface area (Å²) in [6, 6.07) is 0. The lowest BCUT2D eigenvalue weighted by atomic mass is 10.1. The number of hydrogen-bond acceptors (Lipinski definition) is 6. The van der Waals surface area contributed by atoms with Crippen LogP contribution in [0.2, 0.25) is 0 Å². The minimum atomic E-state index is -0.811. The third-order valence-electron chi connectivity index (χ3n) is 13.5. The quantitative estimate of drug-likeness (QED) is 0.0261. The number of hydrogen-bond donors (Lipinski definition) is 0. The van der Waals surface area contributed by atoms with Crippen molar-refractivity contribution in [3.63, 3.8) is 0 Å². The summed E-state index contributed by atoms with van der Waals surface area (Å²) in [5, 5.41) is 0. The van der Waals surface area contributed by atoms with Crippen LogP contribution in [0.15, 0.2) is 158 Å². The minimum absolute atomic E-state index is 0.105. The predicted molar refractivity (Wildman–Crippen MR) is 352 cm³/mol. The third-order valence-corrected chi connectivity index (χ3v) is 13.5. The molecule has 6 heteroatoms. The van der Waals surface area contributed by atoms with Gasteiger partial charge < -0.3 is 14.2 Å². The van der Waals surface area contributed by atoms with Crippen molar-refractivity contribution in [3.8, 4) is 0 Å². The van der Waals surface area contributed by atoms with Crippen molar-refractivity contribution in [2.75, 3.05) is 13.2 Å². The highest BCUT2D eigenvalue weighted by atomic mass is 16.6. The third kappa shape index (κ3) is 65.7. The summed E-state index contributed by atoms with van der Waals surface area (Å²) in [6.07, 6.45) is 98.2. The van der Waals surface area contributed by atoms with Crippen molar-refractivity contribution in [2.24, 2.45) is 0 Å². The highest BCUT2D eigenvalue weighted by Crippen LogP contribution is 2.14. The summed E-state index contributed by atoms with van der Waals surface area (Å²) in [7, 11) is 0. The molecule has 0 bridgehead atoms. The van der Waals surface area contributed by atoms with Crippen molar-refractivity contribution in [1.29, 1.82) is 0 Å². The molecule has 0 rings (SSSR count). The molecule has 456 valence electrons. The van der Waals surface area contributed by atoms with Crippen LogP contribution < -0.4 is 0 Å². The fourth-order valence-electron chi connectivity index (χ4n) is 8.56. The normalized spacial score (nSPS) is 13.2. The lowest BCUT2D eigenvalue weighted by Gasteiger charge is -2.18. The minimum Gasteiger partial charge on any atom is -0.462 e. The van der Waals surface area contributed by atoms with E-state index in [1.165, 1.54) is 57.8 Å². The molecular weight excluding hydrogens is 997 g/mol. The molecule has 0 aromatic carbocycles. The SMILES string of the molecule is CC/C=C\C/C=C\C/C=C\C/C=C\C/C=C\C/C=C\C/C=C\C/C=C\CCCCCCC(=O)OCC(COC(=O)CCCCCCC/C=C\C/C=C\CCC)OC(=O)CCCCCCCC/C=C\C/C=C\C/C=C\CCCCCCC. The summed E-state index contributed by atoms with van der Waals surface area (Å²) in [5.41, 5.74) is 0. The Morgan fingerprint density at radius 1 is 0.259 bits per heavy atom. The standard InChI is InChI=1S/C75H120O6/c1-4-7-10-13-16-19-22-25-27-29-31-33-34-35-36-37-38-39-40-42-43-45-47-50-53-56-59-62-65-68-74(77)80-71-72(70-79-73(76)67-64-61-58-55-52-49-24-21-18-15-12-9-6-3)81-75(78)69-66-63-60-57-54-51-48-46-44-41-32-30-28-26-23-20-17-14-11-8-5-2/h7,10,12,15-16,19,21,23-27,30-33,35-36,38-39,42-44,46-47,50,72H,4-6,8-9,11,13-14,17-18,20,22,28-29,34,37,40-41,45,48-49,51-71H2,1-3H3/b10-7-,15-12-,19-16-,24-21-,26-23-,27-25-,32-30-,33-31-,36-35-,39-38-,43-42-,46-44-,50-47-. The first kappa shape index (κ1) is 76.0. The summed E-state index contributed by atoms with van der Waals surface area (Å²) in [4.78, 5) is 38.3. The Morgan fingerprint density at radius 2 is 0.506 bits per heavy atom. The van der Waals surface area contributed by atoms with E-state index in [0.717, 1.165) is 180 Å². The molecule has 0 spiro atoms. The summed E-state index contributed by atoms with van der Waals surface area (Å²) < 4.78 is 16.9. The molecule has 0 heterocycles. The molecule has 0 aliphatic carbocycles. The average Bonchev–Trinajstić information content (AvgIpc) is 3.46. The first-order valence-electron chi connectivity index (χ1n) is 33.0. The predicted octanol–water partition coefficient (Wildman–Crippen LogP) is 22.9. The fraction of sp³-hybridized carbons (Fsp3) is 0.613. The topological polar surface area (TPSA) is 78.9 Å². The van der Waals surface area contributed by atoms with Gasteiger partial charge in [-0.25, -0.2) is 0 Å². The maximum Gasteiger partial charge on any atom is 0.306 e. The van der Waals surface area contributed by atoms with Crippen LogP contribution in [0.4, 0.5) is 0 Å². The number of rotatable bonds is 58. The van der Waals surface area contributed by atoms with E-state index in [4.69, 9.17) is 14.2 Å². The van der Waals surface area contributed by atoms with Crippen LogP contribution >= 0.6 is 0 Å². The summed E-state index contributed by atoms with van der Waals surface area (Å²) in [5.74, 6) is -0.959. The number of carbonyl (C=O) groups is 3. The highest BCUT2D eigenvalue weighted by molar-refractivity contribution is 5.71. The number of esters is 3. The zero-order chi connectivity index (χ0) is 58.5. The van der Waals surface area contributed by atoms with Crippen LogP contribution in [0.25, 0.3) is 0 Å². The van der Waals surface area contributed by atoms with Gasteiger partial charge in [0.15, 0.2) is 6.10 Å². The molecule has 0 radical (unpaired) electrons. The molecule has 0 saturated carbocycles. The highest BCUT2D eigenvalue weighted by Gasteiger charge is 2.19. The maximum absolute atomic E-state index is 12.9. The van der Waals surface area contributed by atoms with Crippen LogP contribution in [0.5, 0.6) is 0 Å². The largest absolute Gasteiger partial charge is 0.462 e. The Morgan fingerprint density at radius 3 is 0.802 bits per heavy atom. The maximum atomic E-state index is 12.9. The van der Waals surface area contributed by atoms with Gasteiger partial charge in [0, 0.05) is 19.3 Å². The first-order chi connectivity index (χ1) is 40.0. The summed E-state index contributed by atoms with van der Waals surface area (Å²) >= 11 is 0. The van der Waals surface area contributed by atoms with Crippen LogP contribution in [-0.2, 0) is 28.6 Å². The van der Waals surface area contributed by atoms with Crippen molar-refractivity contribution < 1.29 is 28.6 Å². The van der Waals surface area contributed by atoms with Gasteiger partial charge in [-0.15, -0.1) is 0 Å². The van der Waals surface area contributed by atoms with Crippen molar-refractivity contribution in [2.45, 2.75) is 284 Å².